The zero-order valence-corrected chi connectivity index (χ0v) is 14.7. The van der Waals surface area contributed by atoms with Gasteiger partial charge in [-0.05, 0) is 42.5 Å². The Morgan fingerprint density at radius 1 is 0.962 bits per heavy atom. The van der Waals surface area contributed by atoms with Crippen molar-refractivity contribution in [3.8, 4) is 6.07 Å². The van der Waals surface area contributed by atoms with Crippen LogP contribution in [0.2, 0.25) is 10.0 Å². The minimum Gasteiger partial charge on any atom is -0.339 e. The van der Waals surface area contributed by atoms with Gasteiger partial charge in [0, 0.05) is 21.4 Å². The molecule has 0 spiro atoms. The number of carbonyl (C=O) groups excluding carboxylic acids is 1. The summed E-state index contributed by atoms with van der Waals surface area (Å²) >= 11 is 11.8. The maximum Gasteiger partial charge on any atom is 0.275 e. The zero-order chi connectivity index (χ0) is 18.5. The molecule has 0 unspecified atom stereocenters. The van der Waals surface area contributed by atoms with Gasteiger partial charge in [-0.25, -0.2) is 9.97 Å². The quantitative estimate of drug-likeness (QED) is 0.683. The number of nitrogens with one attached hydrogen (secondary N) is 2. The highest BCUT2D eigenvalue weighted by molar-refractivity contribution is 6.35. The molecular weight excluding hydrogens is 373 g/mol. The third-order valence-electron chi connectivity index (χ3n) is 3.29. The van der Waals surface area contributed by atoms with Crippen molar-refractivity contribution >= 4 is 46.3 Å². The second-order valence-electron chi connectivity index (χ2n) is 5.21. The Labute approximate surface area is 159 Å². The molecule has 0 bridgehead atoms. The normalized spacial score (nSPS) is 10.0. The number of benzene rings is 2. The van der Waals surface area contributed by atoms with E-state index >= 15 is 0 Å². The Morgan fingerprint density at radius 3 is 2.23 bits per heavy atom. The first-order valence-electron chi connectivity index (χ1n) is 7.40. The maximum absolute atomic E-state index is 12.2. The van der Waals surface area contributed by atoms with Crippen molar-refractivity contribution in [2.45, 2.75) is 0 Å². The molecule has 0 aliphatic heterocycles. The van der Waals surface area contributed by atoms with E-state index in [0.717, 1.165) is 5.69 Å². The van der Waals surface area contributed by atoms with Gasteiger partial charge in [-0.1, -0.05) is 23.2 Å². The molecule has 0 aliphatic carbocycles. The number of carbonyl (C=O) groups is 1. The molecule has 0 radical (unpaired) electrons. The van der Waals surface area contributed by atoms with Gasteiger partial charge >= 0.3 is 0 Å². The average molecular weight is 384 g/mol. The lowest BCUT2D eigenvalue weighted by molar-refractivity contribution is 0.102. The SMILES string of the molecule is N#Cc1ccc(Nc2cnc(C(=O)Nc3cc(Cl)cc(Cl)c3)cn2)cc1. The summed E-state index contributed by atoms with van der Waals surface area (Å²) in [6.45, 7) is 0. The Kier molecular flexibility index (Phi) is 5.32. The van der Waals surface area contributed by atoms with Gasteiger partial charge in [-0.2, -0.15) is 5.26 Å². The summed E-state index contributed by atoms with van der Waals surface area (Å²) < 4.78 is 0. The van der Waals surface area contributed by atoms with Gasteiger partial charge < -0.3 is 10.6 Å². The fraction of sp³-hybridized carbons (Fsp3) is 0. The number of anilines is 3. The topological polar surface area (TPSA) is 90.7 Å². The second kappa shape index (κ2) is 7.83. The van der Waals surface area contributed by atoms with E-state index in [2.05, 4.69) is 20.6 Å². The molecule has 26 heavy (non-hydrogen) atoms. The van der Waals surface area contributed by atoms with Crippen molar-refractivity contribution in [3.63, 3.8) is 0 Å². The van der Waals surface area contributed by atoms with Crippen LogP contribution < -0.4 is 10.6 Å². The molecule has 0 atom stereocenters. The van der Waals surface area contributed by atoms with Crippen LogP contribution in [0.3, 0.4) is 0 Å². The maximum atomic E-state index is 12.2. The van der Waals surface area contributed by atoms with Crippen LogP contribution in [0.4, 0.5) is 17.2 Å². The predicted octanol–water partition coefficient (Wildman–Crippen LogP) is 4.65. The highest BCUT2D eigenvalue weighted by atomic mass is 35.5. The van der Waals surface area contributed by atoms with Crippen LogP contribution in [-0.4, -0.2) is 15.9 Å². The first kappa shape index (κ1) is 17.7. The van der Waals surface area contributed by atoms with Crippen LogP contribution in [0.1, 0.15) is 16.1 Å². The fourth-order valence-electron chi connectivity index (χ4n) is 2.11. The molecule has 128 valence electrons. The molecule has 1 amide bonds. The number of amides is 1. The minimum atomic E-state index is -0.430. The van der Waals surface area contributed by atoms with Crippen LogP contribution in [-0.2, 0) is 0 Å². The van der Waals surface area contributed by atoms with E-state index < -0.39 is 5.91 Å². The summed E-state index contributed by atoms with van der Waals surface area (Å²) in [4.78, 5) is 20.5. The van der Waals surface area contributed by atoms with Gasteiger partial charge in [0.1, 0.15) is 11.5 Å². The van der Waals surface area contributed by atoms with E-state index in [1.54, 1.807) is 42.5 Å². The number of hydrogen-bond donors (Lipinski definition) is 2. The third kappa shape index (κ3) is 4.48. The molecule has 2 aromatic carbocycles. The lowest BCUT2D eigenvalue weighted by Crippen LogP contribution is -2.14. The number of nitrogens with zero attached hydrogens (tertiary/aromatic N) is 3. The summed E-state index contributed by atoms with van der Waals surface area (Å²) in [6.07, 6.45) is 2.80. The summed E-state index contributed by atoms with van der Waals surface area (Å²) in [5.41, 5.74) is 1.93. The van der Waals surface area contributed by atoms with E-state index in [-0.39, 0.29) is 5.69 Å². The van der Waals surface area contributed by atoms with Gasteiger partial charge in [0.05, 0.1) is 24.0 Å². The second-order valence-corrected chi connectivity index (χ2v) is 6.09. The highest BCUT2D eigenvalue weighted by Gasteiger charge is 2.10. The van der Waals surface area contributed by atoms with E-state index in [0.29, 0.717) is 27.1 Å². The van der Waals surface area contributed by atoms with Crippen LogP contribution >= 0.6 is 23.2 Å². The predicted molar refractivity (Wildman–Crippen MR) is 101 cm³/mol. The summed E-state index contributed by atoms with van der Waals surface area (Å²) in [5, 5.41) is 15.3. The van der Waals surface area contributed by atoms with Crippen molar-refractivity contribution in [2.75, 3.05) is 10.6 Å². The van der Waals surface area contributed by atoms with Gasteiger partial charge in [0.25, 0.3) is 5.91 Å². The monoisotopic (exact) mass is 383 g/mol. The van der Waals surface area contributed by atoms with Crippen LogP contribution in [0.15, 0.2) is 54.9 Å². The van der Waals surface area contributed by atoms with Gasteiger partial charge in [0.2, 0.25) is 0 Å². The lowest BCUT2D eigenvalue weighted by atomic mass is 10.2. The van der Waals surface area contributed by atoms with Crippen molar-refractivity contribution < 1.29 is 4.79 Å². The van der Waals surface area contributed by atoms with E-state index in [1.807, 2.05) is 6.07 Å². The number of rotatable bonds is 4. The van der Waals surface area contributed by atoms with Crippen molar-refractivity contribution in [1.29, 1.82) is 5.26 Å². The fourth-order valence-corrected chi connectivity index (χ4v) is 2.63. The molecule has 6 nitrogen and oxygen atoms in total. The Morgan fingerprint density at radius 2 is 1.65 bits per heavy atom. The number of nitriles is 1. The summed E-state index contributed by atoms with van der Waals surface area (Å²) in [6, 6.07) is 13.7. The third-order valence-corrected chi connectivity index (χ3v) is 3.73. The molecule has 1 aromatic heterocycles. The molecule has 2 N–H and O–H groups in total. The van der Waals surface area contributed by atoms with Crippen LogP contribution in [0.25, 0.3) is 0 Å². The largest absolute Gasteiger partial charge is 0.339 e. The standard InChI is InChI=1S/C18H11Cl2N5O/c19-12-5-13(20)7-15(6-12)25-18(26)16-9-23-17(10-22-16)24-14-3-1-11(8-21)2-4-14/h1-7,9-10H,(H,23,24)(H,25,26). The van der Waals surface area contributed by atoms with Crippen molar-refractivity contribution in [2.24, 2.45) is 0 Å². The van der Waals surface area contributed by atoms with Crippen LogP contribution in [0.5, 0.6) is 0 Å². The first-order valence-corrected chi connectivity index (χ1v) is 8.16. The van der Waals surface area contributed by atoms with E-state index in [1.165, 1.54) is 12.4 Å². The van der Waals surface area contributed by atoms with Crippen molar-refractivity contribution in [1.82, 2.24) is 9.97 Å². The summed E-state index contributed by atoms with van der Waals surface area (Å²) in [5.74, 6) is 0.0396. The molecule has 1 heterocycles. The Hall–Kier alpha value is -3.14. The van der Waals surface area contributed by atoms with Gasteiger partial charge in [0.15, 0.2) is 0 Å². The molecule has 0 fully saturated rings. The Bertz CT molecular complexity index is 962. The van der Waals surface area contributed by atoms with Gasteiger partial charge in [-0.15, -0.1) is 0 Å². The molecule has 3 aromatic rings. The number of aromatic nitrogens is 2. The number of halogens is 2. The lowest BCUT2D eigenvalue weighted by Gasteiger charge is -2.07. The van der Waals surface area contributed by atoms with E-state index in [4.69, 9.17) is 28.5 Å². The molecule has 0 aliphatic rings. The first-order chi connectivity index (χ1) is 12.5. The zero-order valence-electron chi connectivity index (χ0n) is 13.2. The molecule has 3 rings (SSSR count). The highest BCUT2D eigenvalue weighted by Crippen LogP contribution is 2.23. The van der Waals surface area contributed by atoms with Crippen LogP contribution in [0, 0.1) is 11.3 Å². The summed E-state index contributed by atoms with van der Waals surface area (Å²) in [7, 11) is 0. The molecular formula is C18H11Cl2N5O. The minimum absolute atomic E-state index is 0.145. The smallest absolute Gasteiger partial charge is 0.275 e. The van der Waals surface area contributed by atoms with Gasteiger partial charge in [-0.3, -0.25) is 4.79 Å². The molecule has 0 saturated carbocycles. The molecule has 8 heteroatoms. The Balaban J connectivity index is 1.68. The average Bonchev–Trinajstić information content (AvgIpc) is 2.62. The molecule has 0 saturated heterocycles. The number of hydrogen-bond acceptors (Lipinski definition) is 5. The van der Waals surface area contributed by atoms with E-state index in [9.17, 15) is 4.79 Å². The van der Waals surface area contributed by atoms with Crippen molar-refractivity contribution in [3.05, 3.63) is 76.2 Å².